The summed E-state index contributed by atoms with van der Waals surface area (Å²) in [7, 11) is 3.28. The van der Waals surface area contributed by atoms with Gasteiger partial charge in [0.15, 0.2) is 0 Å². The number of aliphatic hydroxyl groups is 1. The van der Waals surface area contributed by atoms with Crippen molar-refractivity contribution in [2.24, 2.45) is 5.41 Å². The average Bonchev–Trinajstić information content (AvgIpc) is 2.92. The number of pyridine rings is 1. The van der Waals surface area contributed by atoms with E-state index in [-0.39, 0.29) is 11.8 Å². The number of rotatable bonds is 12. The number of ether oxygens (including phenoxy) is 2. The van der Waals surface area contributed by atoms with Gasteiger partial charge in [-0.05, 0) is 74.5 Å². The predicted molar refractivity (Wildman–Crippen MR) is 152 cm³/mol. The number of likely N-dealkylation sites (tertiary alicyclic amines) is 1. The highest BCUT2D eigenvalue weighted by Crippen LogP contribution is 2.43. The third kappa shape index (κ3) is 6.91. The lowest BCUT2D eigenvalue weighted by atomic mass is 9.71. The molecule has 0 saturated carbocycles. The van der Waals surface area contributed by atoms with Gasteiger partial charge < -0.3 is 24.6 Å². The maximum Gasteiger partial charge on any atom is 0.303 e. The van der Waals surface area contributed by atoms with Gasteiger partial charge in [0.2, 0.25) is 0 Å². The molecule has 2 N–H and O–H groups in total. The van der Waals surface area contributed by atoms with Gasteiger partial charge in [-0.2, -0.15) is 0 Å². The van der Waals surface area contributed by atoms with E-state index in [9.17, 15) is 15.0 Å². The highest BCUT2D eigenvalue weighted by atomic mass is 35.5. The topological polar surface area (TPSA) is 92.1 Å². The van der Waals surface area contributed by atoms with Crippen LogP contribution in [0.3, 0.4) is 0 Å². The van der Waals surface area contributed by atoms with Crippen LogP contribution in [0, 0.1) is 5.41 Å². The first-order valence-corrected chi connectivity index (χ1v) is 14.2. The molecule has 0 radical (unpaired) electrons. The van der Waals surface area contributed by atoms with E-state index in [0.717, 1.165) is 59.8 Å². The minimum atomic E-state index is -0.832. The zero-order valence-corrected chi connectivity index (χ0v) is 23.4. The molecule has 1 unspecified atom stereocenters. The van der Waals surface area contributed by atoms with E-state index in [1.807, 2.05) is 36.4 Å². The van der Waals surface area contributed by atoms with Crippen LogP contribution in [0.25, 0.3) is 10.9 Å². The van der Waals surface area contributed by atoms with E-state index in [0.29, 0.717) is 29.2 Å². The van der Waals surface area contributed by atoms with Crippen molar-refractivity contribution < 1.29 is 24.5 Å². The molecular formula is C29H35ClN2O5S. The van der Waals surface area contributed by atoms with Crippen LogP contribution in [0.2, 0.25) is 5.02 Å². The number of aromatic nitrogens is 1. The Kier molecular flexibility index (Phi) is 9.76. The first-order valence-electron chi connectivity index (χ1n) is 12.8. The summed E-state index contributed by atoms with van der Waals surface area (Å²) in [5, 5.41) is 22.1. The SMILES string of the molecule is COc1ccc2ncc(Cl)c(C(O)CCC3(CC(=O)O)CCN(CCSc4ccccc4OC)CC3)c2c1. The van der Waals surface area contributed by atoms with E-state index >= 15 is 0 Å². The molecule has 0 aliphatic carbocycles. The predicted octanol–water partition coefficient (Wildman–Crippen LogP) is 6.07. The van der Waals surface area contributed by atoms with E-state index in [1.165, 1.54) is 0 Å². The summed E-state index contributed by atoms with van der Waals surface area (Å²) in [4.78, 5) is 19.7. The Morgan fingerprint density at radius 3 is 2.66 bits per heavy atom. The Morgan fingerprint density at radius 1 is 1.18 bits per heavy atom. The van der Waals surface area contributed by atoms with Gasteiger partial charge in [-0.1, -0.05) is 23.7 Å². The second-order valence-corrected chi connectivity index (χ2v) is 11.4. The molecule has 1 aliphatic rings. The van der Waals surface area contributed by atoms with Crippen molar-refractivity contribution in [2.45, 2.75) is 43.1 Å². The van der Waals surface area contributed by atoms with Crippen molar-refractivity contribution in [3.63, 3.8) is 0 Å². The second-order valence-electron chi connectivity index (χ2n) is 9.87. The monoisotopic (exact) mass is 558 g/mol. The van der Waals surface area contributed by atoms with Crippen LogP contribution in [0.4, 0.5) is 0 Å². The number of hydrogen-bond acceptors (Lipinski definition) is 7. The number of aliphatic hydroxyl groups excluding tert-OH is 1. The Labute approximate surface area is 233 Å². The van der Waals surface area contributed by atoms with Crippen molar-refractivity contribution in [3.8, 4) is 11.5 Å². The van der Waals surface area contributed by atoms with Gasteiger partial charge in [0.1, 0.15) is 11.5 Å². The quantitative estimate of drug-likeness (QED) is 0.259. The fraction of sp³-hybridized carbons (Fsp3) is 0.448. The molecule has 1 aromatic heterocycles. The molecule has 3 aromatic rings. The number of para-hydroxylation sites is 1. The highest BCUT2D eigenvalue weighted by molar-refractivity contribution is 7.99. The van der Waals surface area contributed by atoms with Gasteiger partial charge in [0.25, 0.3) is 0 Å². The smallest absolute Gasteiger partial charge is 0.303 e. The van der Waals surface area contributed by atoms with E-state index in [2.05, 4.69) is 16.0 Å². The van der Waals surface area contributed by atoms with Crippen LogP contribution in [-0.2, 0) is 4.79 Å². The number of halogens is 1. The van der Waals surface area contributed by atoms with E-state index < -0.39 is 12.1 Å². The summed E-state index contributed by atoms with van der Waals surface area (Å²) in [6, 6.07) is 13.5. The third-order valence-corrected chi connectivity index (χ3v) is 8.86. The largest absolute Gasteiger partial charge is 0.497 e. The van der Waals surface area contributed by atoms with Crippen LogP contribution in [0.5, 0.6) is 11.5 Å². The summed E-state index contributed by atoms with van der Waals surface area (Å²) in [5.41, 5.74) is 0.988. The van der Waals surface area contributed by atoms with Crippen molar-refractivity contribution in [1.82, 2.24) is 9.88 Å². The standard InChI is InChI=1S/C29H35ClN2O5S/c1-36-20-7-8-23-21(17-20)28(22(30)19-31-23)24(33)9-10-29(18-27(34)35)11-13-32(14-12-29)15-16-38-26-6-4-3-5-25(26)37-2/h3-8,17,19,24,33H,9-16,18H2,1-2H3,(H,34,35). The van der Waals surface area contributed by atoms with Gasteiger partial charge in [-0.3, -0.25) is 9.78 Å². The van der Waals surface area contributed by atoms with Crippen molar-refractivity contribution in [3.05, 3.63) is 59.2 Å². The molecule has 1 fully saturated rings. The lowest BCUT2D eigenvalue weighted by Gasteiger charge is -2.41. The molecule has 4 rings (SSSR count). The van der Waals surface area contributed by atoms with Crippen LogP contribution in [0.15, 0.2) is 53.6 Å². The fourth-order valence-corrected chi connectivity index (χ4v) is 6.64. The first-order chi connectivity index (χ1) is 18.3. The van der Waals surface area contributed by atoms with Gasteiger partial charge >= 0.3 is 5.97 Å². The number of carboxylic acids is 1. The molecule has 0 bridgehead atoms. The number of thioether (sulfide) groups is 1. The first kappa shape index (κ1) is 28.5. The Balaban J connectivity index is 1.38. The zero-order chi connectivity index (χ0) is 27.1. The number of carboxylic acid groups (broad SMARTS) is 1. The molecule has 38 heavy (non-hydrogen) atoms. The summed E-state index contributed by atoms with van der Waals surface area (Å²) in [6.45, 7) is 2.60. The number of benzene rings is 2. The molecule has 7 nitrogen and oxygen atoms in total. The molecule has 0 spiro atoms. The summed E-state index contributed by atoms with van der Waals surface area (Å²) < 4.78 is 10.8. The van der Waals surface area contributed by atoms with Crippen molar-refractivity contribution in [1.29, 1.82) is 0 Å². The molecule has 2 heterocycles. The molecule has 9 heteroatoms. The lowest BCUT2D eigenvalue weighted by Crippen LogP contribution is -2.42. The molecular weight excluding hydrogens is 524 g/mol. The summed E-state index contributed by atoms with van der Waals surface area (Å²) in [6.07, 6.45) is 3.42. The highest BCUT2D eigenvalue weighted by Gasteiger charge is 2.37. The number of piperidine rings is 1. The van der Waals surface area contributed by atoms with Crippen LogP contribution < -0.4 is 9.47 Å². The van der Waals surface area contributed by atoms with Crippen LogP contribution in [0.1, 0.15) is 43.8 Å². The van der Waals surface area contributed by atoms with Crippen LogP contribution >= 0.6 is 23.4 Å². The number of aliphatic carboxylic acids is 1. The zero-order valence-electron chi connectivity index (χ0n) is 21.9. The maximum atomic E-state index is 11.8. The third-order valence-electron chi connectivity index (χ3n) is 7.53. The number of nitrogens with zero attached hydrogens (tertiary/aromatic N) is 2. The number of carbonyl (C=O) groups is 1. The second kappa shape index (κ2) is 13.0. The molecule has 1 saturated heterocycles. The molecule has 204 valence electrons. The van der Waals surface area contributed by atoms with Gasteiger partial charge in [0, 0.05) is 34.3 Å². The minimum Gasteiger partial charge on any atom is -0.497 e. The Morgan fingerprint density at radius 2 is 1.95 bits per heavy atom. The lowest BCUT2D eigenvalue weighted by molar-refractivity contribution is -0.141. The van der Waals surface area contributed by atoms with Gasteiger partial charge in [-0.15, -0.1) is 11.8 Å². The van der Waals surface area contributed by atoms with Gasteiger partial charge in [-0.25, -0.2) is 0 Å². The molecule has 1 aliphatic heterocycles. The number of methoxy groups -OCH3 is 2. The summed E-state index contributed by atoms with van der Waals surface area (Å²) in [5.74, 6) is 1.68. The minimum absolute atomic E-state index is 0.0994. The van der Waals surface area contributed by atoms with E-state index in [4.69, 9.17) is 21.1 Å². The van der Waals surface area contributed by atoms with Crippen molar-refractivity contribution in [2.75, 3.05) is 39.6 Å². The molecule has 2 aromatic carbocycles. The Bertz CT molecular complexity index is 1250. The fourth-order valence-electron chi connectivity index (χ4n) is 5.33. The maximum absolute atomic E-state index is 11.8. The van der Waals surface area contributed by atoms with Gasteiger partial charge in [0.05, 0.1) is 37.3 Å². The number of hydrogen-bond donors (Lipinski definition) is 2. The number of fused-ring (bicyclic) bond motifs is 1. The average molecular weight is 559 g/mol. The van der Waals surface area contributed by atoms with Crippen LogP contribution in [-0.4, -0.2) is 65.7 Å². The van der Waals surface area contributed by atoms with E-state index in [1.54, 1.807) is 32.2 Å². The molecule has 0 amide bonds. The normalized spacial score (nSPS) is 16.3. The molecule has 1 atom stereocenters. The Hall–Kier alpha value is -2.52. The summed E-state index contributed by atoms with van der Waals surface area (Å²) >= 11 is 8.26. The van der Waals surface area contributed by atoms with Crippen molar-refractivity contribution >= 4 is 40.2 Å².